The van der Waals surface area contributed by atoms with Crippen LogP contribution in [0.25, 0.3) is 5.69 Å². The molecule has 1 heterocycles. The van der Waals surface area contributed by atoms with Gasteiger partial charge in [0.15, 0.2) is 5.82 Å². The summed E-state index contributed by atoms with van der Waals surface area (Å²) >= 11 is 5.99. The molecule has 1 amide bonds. The molecule has 21 heavy (non-hydrogen) atoms. The highest BCUT2D eigenvalue weighted by Gasteiger charge is 2.15. The topological polar surface area (TPSA) is 72.9 Å². The Hall–Kier alpha value is -1.85. The summed E-state index contributed by atoms with van der Waals surface area (Å²) in [6, 6.07) is 8.67. The van der Waals surface area contributed by atoms with Gasteiger partial charge in [-0.05, 0) is 31.5 Å². The molecule has 112 valence electrons. The standard InChI is InChI=1S/C15H19ClN4O/c1-3-5-13(17)15(21)18-14-8-10(2)20(19-14)12-7-4-6-11(16)9-12/h4,6-9,13H,3,5,17H2,1-2H3,(H,18,19,21). The van der Waals surface area contributed by atoms with Crippen LogP contribution in [0, 0.1) is 6.92 Å². The molecule has 2 rings (SSSR count). The molecule has 0 saturated carbocycles. The van der Waals surface area contributed by atoms with Crippen molar-refractivity contribution in [1.82, 2.24) is 9.78 Å². The Bertz CT molecular complexity index is 638. The molecule has 1 aromatic heterocycles. The Labute approximate surface area is 129 Å². The maximum Gasteiger partial charge on any atom is 0.242 e. The molecule has 0 aliphatic rings. The molecule has 0 aliphatic carbocycles. The largest absolute Gasteiger partial charge is 0.320 e. The van der Waals surface area contributed by atoms with Crippen molar-refractivity contribution >= 4 is 23.3 Å². The molecule has 0 spiro atoms. The quantitative estimate of drug-likeness (QED) is 0.892. The van der Waals surface area contributed by atoms with Crippen molar-refractivity contribution in [2.45, 2.75) is 32.7 Å². The average molecular weight is 307 g/mol. The molecular formula is C15H19ClN4O. The Morgan fingerprint density at radius 1 is 1.48 bits per heavy atom. The molecule has 0 bridgehead atoms. The third-order valence-corrected chi connectivity index (χ3v) is 3.36. The van der Waals surface area contributed by atoms with Gasteiger partial charge in [-0.3, -0.25) is 4.79 Å². The third-order valence-electron chi connectivity index (χ3n) is 3.13. The highest BCUT2D eigenvalue weighted by molar-refractivity contribution is 6.30. The minimum Gasteiger partial charge on any atom is -0.320 e. The number of aryl methyl sites for hydroxylation is 1. The number of anilines is 1. The van der Waals surface area contributed by atoms with E-state index in [-0.39, 0.29) is 5.91 Å². The number of carbonyl (C=O) groups excluding carboxylic acids is 1. The summed E-state index contributed by atoms with van der Waals surface area (Å²) in [4.78, 5) is 11.9. The maximum absolute atomic E-state index is 11.9. The van der Waals surface area contributed by atoms with Crippen LogP contribution in [-0.4, -0.2) is 21.7 Å². The Morgan fingerprint density at radius 3 is 2.90 bits per heavy atom. The van der Waals surface area contributed by atoms with Crippen molar-refractivity contribution in [2.24, 2.45) is 5.73 Å². The van der Waals surface area contributed by atoms with Crippen molar-refractivity contribution in [3.05, 3.63) is 41.0 Å². The van der Waals surface area contributed by atoms with Crippen LogP contribution in [0.2, 0.25) is 5.02 Å². The van der Waals surface area contributed by atoms with Crippen LogP contribution in [0.1, 0.15) is 25.5 Å². The highest BCUT2D eigenvalue weighted by atomic mass is 35.5. The minimum absolute atomic E-state index is 0.215. The lowest BCUT2D eigenvalue weighted by Crippen LogP contribution is -2.35. The Kier molecular flexibility index (Phi) is 4.98. The van der Waals surface area contributed by atoms with Gasteiger partial charge in [0.2, 0.25) is 5.91 Å². The number of carbonyl (C=O) groups is 1. The van der Waals surface area contributed by atoms with Crippen molar-refractivity contribution in [3.8, 4) is 5.69 Å². The van der Waals surface area contributed by atoms with E-state index < -0.39 is 6.04 Å². The molecule has 6 heteroatoms. The number of halogens is 1. The highest BCUT2D eigenvalue weighted by Crippen LogP contribution is 2.18. The molecule has 1 atom stereocenters. The Morgan fingerprint density at radius 2 is 2.24 bits per heavy atom. The van der Waals surface area contributed by atoms with Gasteiger partial charge in [-0.2, -0.15) is 0 Å². The van der Waals surface area contributed by atoms with E-state index in [1.807, 2.05) is 32.0 Å². The number of nitrogens with one attached hydrogen (secondary N) is 1. The number of nitrogens with zero attached hydrogens (tertiary/aromatic N) is 2. The summed E-state index contributed by atoms with van der Waals surface area (Å²) in [5.74, 6) is 0.275. The van der Waals surface area contributed by atoms with Crippen LogP contribution in [0.15, 0.2) is 30.3 Å². The summed E-state index contributed by atoms with van der Waals surface area (Å²) in [6.07, 6.45) is 1.52. The minimum atomic E-state index is -0.508. The van der Waals surface area contributed by atoms with Crippen molar-refractivity contribution < 1.29 is 4.79 Å². The summed E-state index contributed by atoms with van der Waals surface area (Å²) in [5, 5.41) is 7.75. The fourth-order valence-corrected chi connectivity index (χ4v) is 2.25. The van der Waals surface area contributed by atoms with Crippen LogP contribution in [0.3, 0.4) is 0 Å². The van der Waals surface area contributed by atoms with E-state index in [9.17, 15) is 4.79 Å². The summed E-state index contributed by atoms with van der Waals surface area (Å²) in [6.45, 7) is 3.90. The molecule has 0 fully saturated rings. The molecule has 3 N–H and O–H groups in total. The molecule has 1 unspecified atom stereocenters. The van der Waals surface area contributed by atoms with Crippen LogP contribution in [-0.2, 0) is 4.79 Å². The summed E-state index contributed by atoms with van der Waals surface area (Å²) in [7, 11) is 0. The SMILES string of the molecule is CCCC(N)C(=O)Nc1cc(C)n(-c2cccc(Cl)c2)n1. The summed E-state index contributed by atoms with van der Waals surface area (Å²) in [5.41, 5.74) is 7.53. The predicted molar refractivity (Wildman–Crippen MR) is 84.8 cm³/mol. The second-order valence-electron chi connectivity index (χ2n) is 4.95. The monoisotopic (exact) mass is 306 g/mol. The number of hydrogen-bond donors (Lipinski definition) is 2. The number of amides is 1. The van der Waals surface area contributed by atoms with Crippen LogP contribution in [0.5, 0.6) is 0 Å². The second kappa shape index (κ2) is 6.74. The zero-order valence-corrected chi connectivity index (χ0v) is 12.9. The van der Waals surface area contributed by atoms with Gasteiger partial charge in [-0.15, -0.1) is 5.10 Å². The predicted octanol–water partition coefficient (Wildman–Crippen LogP) is 2.90. The van der Waals surface area contributed by atoms with Crippen molar-refractivity contribution in [3.63, 3.8) is 0 Å². The van der Waals surface area contributed by atoms with Gasteiger partial charge in [-0.1, -0.05) is 31.0 Å². The number of benzene rings is 1. The zero-order chi connectivity index (χ0) is 15.4. The van der Waals surface area contributed by atoms with Crippen molar-refractivity contribution in [2.75, 3.05) is 5.32 Å². The van der Waals surface area contributed by atoms with Crippen LogP contribution < -0.4 is 11.1 Å². The molecule has 0 radical (unpaired) electrons. The molecule has 5 nitrogen and oxygen atoms in total. The van der Waals surface area contributed by atoms with Gasteiger partial charge < -0.3 is 11.1 Å². The van der Waals surface area contributed by atoms with E-state index in [0.29, 0.717) is 17.3 Å². The summed E-state index contributed by atoms with van der Waals surface area (Å²) < 4.78 is 1.73. The van der Waals surface area contributed by atoms with E-state index in [1.165, 1.54) is 0 Å². The number of rotatable bonds is 5. The van der Waals surface area contributed by atoms with Gasteiger partial charge in [0.1, 0.15) is 0 Å². The maximum atomic E-state index is 11.9. The normalized spacial score (nSPS) is 12.2. The van der Waals surface area contributed by atoms with E-state index >= 15 is 0 Å². The Balaban J connectivity index is 2.18. The smallest absolute Gasteiger partial charge is 0.242 e. The molecule has 1 aromatic carbocycles. The number of aromatic nitrogens is 2. The van der Waals surface area contributed by atoms with E-state index in [2.05, 4.69) is 10.4 Å². The molecule has 0 aliphatic heterocycles. The first-order chi connectivity index (χ1) is 10.0. The fourth-order valence-electron chi connectivity index (χ4n) is 2.07. The number of hydrogen-bond acceptors (Lipinski definition) is 3. The third kappa shape index (κ3) is 3.83. The second-order valence-corrected chi connectivity index (χ2v) is 5.38. The van der Waals surface area contributed by atoms with Gasteiger partial charge >= 0.3 is 0 Å². The molecule has 2 aromatic rings. The first-order valence-electron chi connectivity index (χ1n) is 6.90. The van der Waals surface area contributed by atoms with E-state index in [4.69, 9.17) is 17.3 Å². The molecular weight excluding hydrogens is 288 g/mol. The van der Waals surface area contributed by atoms with E-state index in [1.54, 1.807) is 16.8 Å². The zero-order valence-electron chi connectivity index (χ0n) is 12.1. The van der Waals surface area contributed by atoms with Gasteiger partial charge in [-0.25, -0.2) is 4.68 Å². The number of nitrogens with two attached hydrogens (primary N) is 1. The van der Waals surface area contributed by atoms with Gasteiger partial charge in [0.05, 0.1) is 11.7 Å². The first kappa shape index (κ1) is 15.5. The first-order valence-corrected chi connectivity index (χ1v) is 7.28. The van der Waals surface area contributed by atoms with Crippen LogP contribution >= 0.6 is 11.6 Å². The lowest BCUT2D eigenvalue weighted by Gasteiger charge is -2.09. The van der Waals surface area contributed by atoms with E-state index in [0.717, 1.165) is 17.8 Å². The van der Waals surface area contributed by atoms with Crippen molar-refractivity contribution in [1.29, 1.82) is 0 Å². The fraction of sp³-hybridized carbons (Fsp3) is 0.333. The lowest BCUT2D eigenvalue weighted by atomic mass is 10.2. The van der Waals surface area contributed by atoms with Gasteiger partial charge in [0.25, 0.3) is 0 Å². The van der Waals surface area contributed by atoms with Gasteiger partial charge in [0, 0.05) is 16.8 Å². The molecule has 0 saturated heterocycles. The van der Waals surface area contributed by atoms with Crippen LogP contribution in [0.4, 0.5) is 5.82 Å². The average Bonchev–Trinajstić information content (AvgIpc) is 2.79. The lowest BCUT2D eigenvalue weighted by molar-refractivity contribution is -0.117.